The van der Waals surface area contributed by atoms with Crippen molar-refractivity contribution in [2.45, 2.75) is 57.0 Å². The summed E-state index contributed by atoms with van der Waals surface area (Å²) in [6, 6.07) is 1.05. The lowest BCUT2D eigenvalue weighted by Crippen LogP contribution is -2.32. The van der Waals surface area contributed by atoms with E-state index in [2.05, 4.69) is 11.6 Å². The highest BCUT2D eigenvalue weighted by molar-refractivity contribution is 7.89. The third-order valence-corrected chi connectivity index (χ3v) is 5.41. The van der Waals surface area contributed by atoms with Gasteiger partial charge in [-0.3, -0.25) is 0 Å². The molecular weight excluding hydrogens is 292 g/mol. The highest BCUT2D eigenvalue weighted by Gasteiger charge is 2.28. The van der Waals surface area contributed by atoms with Gasteiger partial charge in [-0.15, -0.1) is 0 Å². The smallest absolute Gasteiger partial charge is 0.352 e. The van der Waals surface area contributed by atoms with Crippen molar-refractivity contribution in [3.8, 4) is 0 Å². The van der Waals surface area contributed by atoms with Crippen LogP contribution in [0.3, 0.4) is 0 Å². The number of sulfonamides is 1. The summed E-state index contributed by atoms with van der Waals surface area (Å²) in [6.07, 6.45) is 4.07. The van der Waals surface area contributed by atoms with Crippen molar-refractivity contribution in [1.82, 2.24) is 9.29 Å². The molecule has 0 radical (unpaired) electrons. The second-order valence-electron chi connectivity index (χ2n) is 6.10. The molecule has 0 amide bonds. The largest absolute Gasteiger partial charge is 0.477 e. The van der Waals surface area contributed by atoms with Gasteiger partial charge in [-0.1, -0.05) is 6.92 Å². The van der Waals surface area contributed by atoms with Crippen molar-refractivity contribution in [2.24, 2.45) is 5.92 Å². The van der Waals surface area contributed by atoms with Gasteiger partial charge in [-0.25, -0.2) is 17.9 Å². The average molecular weight is 314 g/mol. The third-order valence-electron chi connectivity index (χ3n) is 3.93. The molecule has 1 aliphatic carbocycles. The van der Waals surface area contributed by atoms with E-state index in [1.54, 1.807) is 0 Å². The van der Waals surface area contributed by atoms with Crippen molar-refractivity contribution >= 4 is 16.0 Å². The normalized spacial score (nSPS) is 22.9. The predicted molar refractivity (Wildman–Crippen MR) is 78.9 cm³/mol. The fraction of sp³-hybridized carbons (Fsp3) is 0.643. The van der Waals surface area contributed by atoms with Crippen molar-refractivity contribution in [1.29, 1.82) is 0 Å². The topological polar surface area (TPSA) is 88.4 Å². The van der Waals surface area contributed by atoms with Crippen LogP contribution in [-0.2, 0) is 10.0 Å². The standard InChI is InChI=1S/C14H22N2O4S/c1-9(2)16-8-12(7-13(16)14(17)18)21(19,20)15-11-5-4-10(3)6-11/h7-11,15H,4-6H2,1-3H3,(H,17,18). The molecule has 1 heterocycles. The van der Waals surface area contributed by atoms with Crippen LogP contribution >= 0.6 is 0 Å². The molecule has 2 atom stereocenters. The van der Waals surface area contributed by atoms with Crippen LogP contribution in [0.15, 0.2) is 17.2 Å². The molecule has 1 saturated carbocycles. The first kappa shape index (κ1) is 16.0. The number of carboxylic acid groups (broad SMARTS) is 1. The van der Waals surface area contributed by atoms with E-state index in [4.69, 9.17) is 0 Å². The number of nitrogens with zero attached hydrogens (tertiary/aromatic N) is 1. The molecule has 1 aromatic heterocycles. The molecular formula is C14H22N2O4S. The molecule has 6 nitrogen and oxygen atoms in total. The molecule has 0 aliphatic heterocycles. The molecule has 0 bridgehead atoms. The Bertz CT molecular complexity index is 633. The summed E-state index contributed by atoms with van der Waals surface area (Å²) in [5, 5.41) is 9.18. The summed E-state index contributed by atoms with van der Waals surface area (Å²) in [6.45, 7) is 5.73. The van der Waals surface area contributed by atoms with Gasteiger partial charge in [0, 0.05) is 18.3 Å². The molecule has 1 aromatic rings. The Morgan fingerprint density at radius 1 is 1.43 bits per heavy atom. The first-order valence-corrected chi connectivity index (χ1v) is 8.66. The lowest BCUT2D eigenvalue weighted by atomic mass is 10.1. The van der Waals surface area contributed by atoms with E-state index in [1.165, 1.54) is 16.8 Å². The number of aromatic nitrogens is 1. The van der Waals surface area contributed by atoms with E-state index in [-0.39, 0.29) is 22.7 Å². The van der Waals surface area contributed by atoms with Gasteiger partial charge in [-0.05, 0) is 45.1 Å². The maximum absolute atomic E-state index is 12.4. The van der Waals surface area contributed by atoms with Crippen LogP contribution in [0.2, 0.25) is 0 Å². The molecule has 2 rings (SSSR count). The second kappa shape index (κ2) is 5.81. The van der Waals surface area contributed by atoms with Crippen LogP contribution in [0.1, 0.15) is 56.6 Å². The number of aromatic carboxylic acids is 1. The molecule has 7 heteroatoms. The van der Waals surface area contributed by atoms with Crippen molar-refractivity contribution in [3.05, 3.63) is 18.0 Å². The van der Waals surface area contributed by atoms with Gasteiger partial charge < -0.3 is 9.67 Å². The number of rotatable bonds is 5. The minimum absolute atomic E-state index is 0.00911. The van der Waals surface area contributed by atoms with Crippen molar-refractivity contribution < 1.29 is 18.3 Å². The zero-order valence-corrected chi connectivity index (χ0v) is 13.4. The van der Waals surface area contributed by atoms with Gasteiger partial charge in [0.15, 0.2) is 0 Å². The third kappa shape index (κ3) is 3.47. The van der Waals surface area contributed by atoms with Gasteiger partial charge in [0.1, 0.15) is 10.6 Å². The van der Waals surface area contributed by atoms with Crippen molar-refractivity contribution in [3.63, 3.8) is 0 Å². The predicted octanol–water partition coefficient (Wildman–Crippen LogP) is 2.23. The summed E-state index contributed by atoms with van der Waals surface area (Å²) in [5.41, 5.74) is -0.00911. The van der Waals surface area contributed by atoms with Gasteiger partial charge in [-0.2, -0.15) is 0 Å². The Kier molecular flexibility index (Phi) is 4.43. The minimum atomic E-state index is -3.67. The molecule has 0 spiro atoms. The Morgan fingerprint density at radius 3 is 2.52 bits per heavy atom. The monoisotopic (exact) mass is 314 g/mol. The van der Waals surface area contributed by atoms with Gasteiger partial charge in [0.2, 0.25) is 10.0 Å². The quantitative estimate of drug-likeness (QED) is 0.872. The maximum atomic E-state index is 12.4. The van der Waals surface area contributed by atoms with Crippen LogP contribution in [0.4, 0.5) is 0 Å². The Morgan fingerprint density at radius 2 is 2.10 bits per heavy atom. The highest BCUT2D eigenvalue weighted by Crippen LogP contribution is 2.27. The van der Waals surface area contributed by atoms with E-state index in [0.29, 0.717) is 5.92 Å². The maximum Gasteiger partial charge on any atom is 0.352 e. The van der Waals surface area contributed by atoms with E-state index in [1.807, 2.05) is 13.8 Å². The van der Waals surface area contributed by atoms with E-state index >= 15 is 0 Å². The van der Waals surface area contributed by atoms with Gasteiger partial charge in [0.25, 0.3) is 0 Å². The average Bonchev–Trinajstić information content (AvgIpc) is 2.95. The summed E-state index contributed by atoms with van der Waals surface area (Å²) in [5.74, 6) is -0.604. The molecule has 21 heavy (non-hydrogen) atoms. The first-order valence-electron chi connectivity index (χ1n) is 7.18. The minimum Gasteiger partial charge on any atom is -0.477 e. The fourth-order valence-corrected chi connectivity index (χ4v) is 4.11. The second-order valence-corrected chi connectivity index (χ2v) is 7.82. The van der Waals surface area contributed by atoms with Crippen LogP contribution in [-0.4, -0.2) is 30.1 Å². The number of nitrogens with one attached hydrogen (secondary N) is 1. The molecule has 2 N–H and O–H groups in total. The van der Waals surface area contributed by atoms with Crippen molar-refractivity contribution in [2.75, 3.05) is 0 Å². The zero-order chi connectivity index (χ0) is 15.8. The molecule has 2 unspecified atom stereocenters. The number of hydrogen-bond donors (Lipinski definition) is 2. The Hall–Kier alpha value is -1.34. The van der Waals surface area contributed by atoms with E-state index in [0.717, 1.165) is 19.3 Å². The summed E-state index contributed by atoms with van der Waals surface area (Å²) < 4.78 is 28.9. The molecule has 1 aliphatic rings. The summed E-state index contributed by atoms with van der Waals surface area (Å²) in [4.78, 5) is 11.2. The molecule has 0 aromatic carbocycles. The lowest BCUT2D eigenvalue weighted by Gasteiger charge is -2.12. The number of carboxylic acids is 1. The van der Waals surface area contributed by atoms with Crippen LogP contribution < -0.4 is 4.72 Å². The molecule has 118 valence electrons. The van der Waals surface area contributed by atoms with Crippen LogP contribution in [0.5, 0.6) is 0 Å². The van der Waals surface area contributed by atoms with E-state index < -0.39 is 16.0 Å². The van der Waals surface area contributed by atoms with E-state index in [9.17, 15) is 18.3 Å². The summed E-state index contributed by atoms with van der Waals surface area (Å²) in [7, 11) is -3.67. The van der Waals surface area contributed by atoms with Crippen LogP contribution in [0, 0.1) is 5.92 Å². The number of carbonyl (C=O) groups is 1. The number of hydrogen-bond acceptors (Lipinski definition) is 3. The summed E-state index contributed by atoms with van der Waals surface area (Å²) >= 11 is 0. The lowest BCUT2D eigenvalue weighted by molar-refractivity contribution is 0.0683. The zero-order valence-electron chi connectivity index (χ0n) is 12.5. The fourth-order valence-electron chi connectivity index (χ4n) is 2.80. The first-order chi connectivity index (χ1) is 9.70. The Labute approximate surface area is 125 Å². The SMILES string of the molecule is CC1CCC(NS(=O)(=O)c2cc(C(=O)O)n(C(C)C)c2)C1. The molecule has 1 fully saturated rings. The van der Waals surface area contributed by atoms with Gasteiger partial charge >= 0.3 is 5.97 Å². The van der Waals surface area contributed by atoms with Crippen LogP contribution in [0.25, 0.3) is 0 Å². The Balaban J connectivity index is 2.28. The molecule has 0 saturated heterocycles. The van der Waals surface area contributed by atoms with Gasteiger partial charge in [0.05, 0.1) is 0 Å². The highest BCUT2D eigenvalue weighted by atomic mass is 32.2.